The summed E-state index contributed by atoms with van der Waals surface area (Å²) in [6, 6.07) is 8.90. The van der Waals surface area contributed by atoms with Crippen molar-refractivity contribution in [3.05, 3.63) is 57.1 Å². The standard InChI is InChI=1S/C17H18ClN3O5S/c1-12-15(21(22)23)3-2-4-17(12)27(24,25)19-14-11-13(18)5-6-16(14)20-7-9-26-10-8-20/h2-6,11,19H,7-10H2,1H3. The summed E-state index contributed by atoms with van der Waals surface area (Å²) < 4.78 is 33.7. The van der Waals surface area contributed by atoms with Crippen molar-refractivity contribution in [2.24, 2.45) is 0 Å². The highest BCUT2D eigenvalue weighted by Crippen LogP contribution is 2.33. The van der Waals surface area contributed by atoms with Crippen LogP contribution in [0, 0.1) is 17.0 Å². The number of rotatable bonds is 5. The van der Waals surface area contributed by atoms with Gasteiger partial charge in [-0.05, 0) is 31.2 Å². The maximum absolute atomic E-state index is 12.9. The van der Waals surface area contributed by atoms with E-state index in [0.717, 1.165) is 0 Å². The zero-order chi connectivity index (χ0) is 19.6. The largest absolute Gasteiger partial charge is 0.378 e. The minimum atomic E-state index is -4.05. The first-order valence-electron chi connectivity index (χ1n) is 8.18. The van der Waals surface area contributed by atoms with E-state index in [4.69, 9.17) is 16.3 Å². The van der Waals surface area contributed by atoms with E-state index in [0.29, 0.717) is 42.7 Å². The smallest absolute Gasteiger partial charge is 0.273 e. The second-order valence-electron chi connectivity index (χ2n) is 6.02. The number of hydrogen-bond acceptors (Lipinski definition) is 6. The molecule has 0 atom stereocenters. The van der Waals surface area contributed by atoms with Gasteiger partial charge in [-0.3, -0.25) is 14.8 Å². The molecule has 1 saturated heterocycles. The van der Waals surface area contributed by atoms with Crippen LogP contribution in [0.25, 0.3) is 0 Å². The monoisotopic (exact) mass is 411 g/mol. The van der Waals surface area contributed by atoms with Crippen molar-refractivity contribution in [2.75, 3.05) is 35.9 Å². The lowest BCUT2D eigenvalue weighted by Gasteiger charge is -2.30. The maximum Gasteiger partial charge on any atom is 0.273 e. The molecule has 1 aliphatic rings. The van der Waals surface area contributed by atoms with Crippen molar-refractivity contribution in [1.82, 2.24) is 0 Å². The van der Waals surface area contributed by atoms with E-state index in [2.05, 4.69) is 4.72 Å². The molecule has 1 heterocycles. The number of hydrogen-bond donors (Lipinski definition) is 1. The minimum absolute atomic E-state index is 0.0740. The average Bonchev–Trinajstić information content (AvgIpc) is 2.62. The van der Waals surface area contributed by atoms with Crippen molar-refractivity contribution < 1.29 is 18.1 Å². The summed E-state index contributed by atoms with van der Waals surface area (Å²) in [4.78, 5) is 12.4. The second kappa shape index (κ2) is 7.71. The number of ether oxygens (including phenoxy) is 1. The molecule has 1 aliphatic heterocycles. The van der Waals surface area contributed by atoms with Crippen molar-refractivity contribution in [3.8, 4) is 0 Å². The number of halogens is 1. The Labute approximate surface area is 161 Å². The van der Waals surface area contributed by atoms with Crippen LogP contribution >= 0.6 is 11.6 Å². The van der Waals surface area contributed by atoms with E-state index in [9.17, 15) is 18.5 Å². The van der Waals surface area contributed by atoms with Gasteiger partial charge in [-0.25, -0.2) is 8.42 Å². The Morgan fingerprint density at radius 2 is 1.93 bits per heavy atom. The van der Waals surface area contributed by atoms with Crippen LogP contribution in [0.5, 0.6) is 0 Å². The number of morpholine rings is 1. The molecule has 2 aromatic rings. The third kappa shape index (κ3) is 4.15. The van der Waals surface area contributed by atoms with Crippen molar-refractivity contribution >= 4 is 38.7 Å². The van der Waals surface area contributed by atoms with Crippen LogP contribution in [0.1, 0.15) is 5.56 Å². The molecule has 8 nitrogen and oxygen atoms in total. The van der Waals surface area contributed by atoms with E-state index >= 15 is 0 Å². The second-order valence-corrected chi connectivity index (χ2v) is 8.11. The number of nitrogens with zero attached hydrogens (tertiary/aromatic N) is 2. The fourth-order valence-electron chi connectivity index (χ4n) is 2.96. The normalized spacial score (nSPS) is 14.8. The molecule has 0 unspecified atom stereocenters. The third-order valence-corrected chi connectivity index (χ3v) is 6.04. The average molecular weight is 412 g/mol. The number of nitrogens with one attached hydrogen (secondary N) is 1. The quantitative estimate of drug-likeness (QED) is 0.598. The molecule has 3 rings (SSSR count). The molecule has 0 radical (unpaired) electrons. The zero-order valence-electron chi connectivity index (χ0n) is 14.5. The van der Waals surface area contributed by atoms with Gasteiger partial charge in [0.25, 0.3) is 15.7 Å². The molecule has 10 heteroatoms. The molecule has 1 N–H and O–H groups in total. The molecule has 27 heavy (non-hydrogen) atoms. The Balaban J connectivity index is 2.00. The molecular weight excluding hydrogens is 394 g/mol. The lowest BCUT2D eigenvalue weighted by molar-refractivity contribution is -0.385. The van der Waals surface area contributed by atoms with Gasteiger partial charge in [0.15, 0.2) is 0 Å². The summed E-state index contributed by atoms with van der Waals surface area (Å²) in [5.41, 5.74) is 0.812. The Hall–Kier alpha value is -2.36. The summed E-state index contributed by atoms with van der Waals surface area (Å²) in [5.74, 6) is 0. The molecule has 0 saturated carbocycles. The first kappa shape index (κ1) is 19.4. The Kier molecular flexibility index (Phi) is 5.54. The summed E-state index contributed by atoms with van der Waals surface area (Å²) in [5, 5.41) is 11.5. The van der Waals surface area contributed by atoms with E-state index in [-0.39, 0.29) is 16.1 Å². The number of nitro groups is 1. The van der Waals surface area contributed by atoms with Gasteiger partial charge < -0.3 is 9.64 Å². The Bertz CT molecular complexity index is 975. The number of nitro benzene ring substituents is 1. The van der Waals surface area contributed by atoms with Crippen molar-refractivity contribution in [1.29, 1.82) is 0 Å². The molecule has 0 aromatic heterocycles. The highest BCUT2D eigenvalue weighted by molar-refractivity contribution is 7.92. The zero-order valence-corrected chi connectivity index (χ0v) is 16.1. The first-order valence-corrected chi connectivity index (χ1v) is 10.0. The summed E-state index contributed by atoms with van der Waals surface area (Å²) in [6.07, 6.45) is 0. The van der Waals surface area contributed by atoms with Crippen molar-refractivity contribution in [2.45, 2.75) is 11.8 Å². The SMILES string of the molecule is Cc1c([N+](=O)[O-])cccc1S(=O)(=O)Nc1cc(Cl)ccc1N1CCOCC1. The van der Waals surface area contributed by atoms with Gasteiger partial charge in [-0.15, -0.1) is 0 Å². The van der Waals surface area contributed by atoms with Crippen LogP contribution in [0.4, 0.5) is 17.1 Å². The van der Waals surface area contributed by atoms with E-state index in [1.807, 2.05) is 4.90 Å². The molecule has 0 spiro atoms. The van der Waals surface area contributed by atoms with Gasteiger partial charge in [-0.1, -0.05) is 17.7 Å². The van der Waals surface area contributed by atoms with Crippen LogP contribution in [0.2, 0.25) is 5.02 Å². The number of benzene rings is 2. The molecule has 1 fully saturated rings. The predicted octanol–water partition coefficient (Wildman–Crippen LogP) is 3.19. The third-order valence-electron chi connectivity index (χ3n) is 4.30. The van der Waals surface area contributed by atoms with E-state index in [1.54, 1.807) is 12.1 Å². The van der Waals surface area contributed by atoms with Gasteiger partial charge in [-0.2, -0.15) is 0 Å². The minimum Gasteiger partial charge on any atom is -0.378 e. The lowest BCUT2D eigenvalue weighted by atomic mass is 10.2. The summed E-state index contributed by atoms with van der Waals surface area (Å²) in [7, 11) is -4.05. The highest BCUT2D eigenvalue weighted by atomic mass is 35.5. The molecule has 0 amide bonds. The topological polar surface area (TPSA) is 102 Å². The van der Waals surface area contributed by atoms with Gasteiger partial charge in [0.2, 0.25) is 0 Å². The van der Waals surface area contributed by atoms with Crippen LogP contribution < -0.4 is 9.62 Å². The Morgan fingerprint density at radius 3 is 2.59 bits per heavy atom. The number of sulfonamides is 1. The van der Waals surface area contributed by atoms with Gasteiger partial charge >= 0.3 is 0 Å². The van der Waals surface area contributed by atoms with Crippen LogP contribution in [0.3, 0.4) is 0 Å². The van der Waals surface area contributed by atoms with E-state index < -0.39 is 14.9 Å². The maximum atomic E-state index is 12.9. The van der Waals surface area contributed by atoms with Gasteiger partial charge in [0, 0.05) is 29.7 Å². The number of anilines is 2. The molecule has 144 valence electrons. The van der Waals surface area contributed by atoms with E-state index in [1.165, 1.54) is 31.2 Å². The predicted molar refractivity (Wildman–Crippen MR) is 103 cm³/mol. The van der Waals surface area contributed by atoms with Crippen LogP contribution in [-0.4, -0.2) is 39.6 Å². The highest BCUT2D eigenvalue weighted by Gasteiger charge is 2.25. The fraction of sp³-hybridized carbons (Fsp3) is 0.294. The van der Waals surface area contributed by atoms with Crippen molar-refractivity contribution in [3.63, 3.8) is 0 Å². The van der Waals surface area contributed by atoms with Crippen LogP contribution in [-0.2, 0) is 14.8 Å². The fourth-order valence-corrected chi connectivity index (χ4v) is 4.46. The first-order chi connectivity index (χ1) is 12.8. The molecular formula is C17H18ClN3O5S. The Morgan fingerprint density at radius 1 is 1.22 bits per heavy atom. The summed E-state index contributed by atoms with van der Waals surface area (Å²) >= 11 is 6.06. The molecule has 0 aliphatic carbocycles. The van der Waals surface area contributed by atoms with Crippen LogP contribution in [0.15, 0.2) is 41.3 Å². The molecule has 0 bridgehead atoms. The lowest BCUT2D eigenvalue weighted by Crippen LogP contribution is -2.36. The van der Waals surface area contributed by atoms with Gasteiger partial charge in [0.1, 0.15) is 0 Å². The molecule has 2 aromatic carbocycles. The van der Waals surface area contributed by atoms with Gasteiger partial charge in [0.05, 0.1) is 34.4 Å². The summed E-state index contributed by atoms with van der Waals surface area (Å²) in [6.45, 7) is 3.73.